The maximum Gasteiger partial charge on any atom is 0.0809 e. The number of rotatable bonds is 2. The van der Waals surface area contributed by atoms with Crippen molar-refractivity contribution in [1.29, 1.82) is 0 Å². The van der Waals surface area contributed by atoms with E-state index < -0.39 is 11.5 Å². The first-order valence-electron chi connectivity index (χ1n) is 3.71. The van der Waals surface area contributed by atoms with Crippen molar-refractivity contribution >= 4 is 69.5 Å². The first-order valence-corrected chi connectivity index (χ1v) is 5.60. The Kier molecular flexibility index (Phi) is 4.38. The second kappa shape index (κ2) is 5.03. The molecule has 1 aromatic rings. The highest BCUT2D eigenvalue weighted by Gasteiger charge is 2.21. The average Bonchev–Trinajstić information content (AvgIpc) is 2.23. The van der Waals surface area contributed by atoms with Crippen LogP contribution in [-0.4, -0.2) is 5.97 Å². The molecule has 0 saturated heterocycles. The van der Waals surface area contributed by atoms with E-state index in [0.29, 0.717) is 0 Å². The lowest BCUT2D eigenvalue weighted by Gasteiger charge is -2.14. The van der Waals surface area contributed by atoms with Crippen molar-refractivity contribution in [3.8, 4) is 0 Å². The first kappa shape index (κ1) is 13.9. The third kappa shape index (κ3) is 2.27. The average molecular weight is 319 g/mol. The van der Waals surface area contributed by atoms with Crippen molar-refractivity contribution in [1.82, 2.24) is 0 Å². The first-order chi connectivity index (χ1) is 7.29. The van der Waals surface area contributed by atoms with Gasteiger partial charge in [0.2, 0.25) is 0 Å². The molecule has 0 unspecified atom stereocenters. The van der Waals surface area contributed by atoms with Gasteiger partial charge in [-0.15, -0.1) is 0 Å². The van der Waals surface area contributed by atoms with E-state index in [2.05, 4.69) is 6.58 Å². The van der Waals surface area contributed by atoms with Gasteiger partial charge in [-0.25, -0.2) is 0 Å². The van der Waals surface area contributed by atoms with Crippen molar-refractivity contribution in [2.24, 2.45) is 0 Å². The molecule has 0 N–H and O–H groups in total. The molecule has 0 fully saturated rings. The maximum atomic E-state index is 10.7. The number of benzene rings is 1. The number of hydrogen-bond donors (Lipinski definition) is 0. The Morgan fingerprint density at radius 3 is 1.50 bits per heavy atom. The Hall–Kier alpha value is -0.120. The minimum Gasteiger partial charge on any atom is -0.545 e. The molecule has 0 atom stereocenters. The molecule has 0 bridgehead atoms. The molecule has 0 aliphatic rings. The summed E-state index contributed by atoms with van der Waals surface area (Å²) in [6, 6.07) is 0. The van der Waals surface area contributed by atoms with Crippen LogP contribution in [0.2, 0.25) is 25.1 Å². The summed E-state index contributed by atoms with van der Waals surface area (Å²) in [6.45, 7) is 3.27. The van der Waals surface area contributed by atoms with Gasteiger partial charge < -0.3 is 9.90 Å². The van der Waals surface area contributed by atoms with E-state index in [-0.39, 0.29) is 30.7 Å². The van der Waals surface area contributed by atoms with E-state index in [4.69, 9.17) is 58.0 Å². The second-order valence-corrected chi connectivity index (χ2v) is 4.60. The van der Waals surface area contributed by atoms with Gasteiger partial charge in [0.1, 0.15) is 0 Å². The molecule has 0 aromatic heterocycles. The lowest BCUT2D eigenvalue weighted by molar-refractivity contribution is -0.295. The summed E-state index contributed by atoms with van der Waals surface area (Å²) >= 11 is 28.8. The molecule has 0 amide bonds. The molecule has 2 nitrogen and oxygen atoms in total. The zero-order valence-electron chi connectivity index (χ0n) is 7.41. The lowest BCUT2D eigenvalue weighted by Crippen LogP contribution is -2.23. The van der Waals surface area contributed by atoms with Crippen LogP contribution in [0.3, 0.4) is 0 Å². The Morgan fingerprint density at radius 2 is 1.19 bits per heavy atom. The highest BCUT2D eigenvalue weighted by Crippen LogP contribution is 2.45. The molecule has 0 saturated carbocycles. The standard InChI is InChI=1S/C9H3Cl5O2/c1-2(9(15)16)3-4(10)6(12)8(14)7(13)5(3)11/h1H2,(H,15,16)/p-1. The fourth-order valence-corrected chi connectivity index (χ4v) is 2.34. The van der Waals surface area contributed by atoms with Gasteiger partial charge in [0.15, 0.2) is 0 Å². The van der Waals surface area contributed by atoms with Gasteiger partial charge in [0.25, 0.3) is 0 Å². The Balaban J connectivity index is 3.64. The van der Waals surface area contributed by atoms with Crippen LogP contribution < -0.4 is 5.11 Å². The molecular formula is C9H2Cl5O2-. The zero-order valence-corrected chi connectivity index (χ0v) is 11.2. The minimum atomic E-state index is -1.53. The summed E-state index contributed by atoms with van der Waals surface area (Å²) in [6.07, 6.45) is 0. The number of carboxylic acid groups (broad SMARTS) is 1. The predicted octanol–water partition coefficient (Wildman–Crippen LogP) is 3.72. The van der Waals surface area contributed by atoms with E-state index >= 15 is 0 Å². The van der Waals surface area contributed by atoms with Crippen molar-refractivity contribution in [3.05, 3.63) is 37.3 Å². The van der Waals surface area contributed by atoms with Gasteiger partial charge in [0, 0.05) is 11.1 Å². The highest BCUT2D eigenvalue weighted by atomic mass is 35.5. The molecule has 0 aliphatic carbocycles. The largest absolute Gasteiger partial charge is 0.545 e. The van der Waals surface area contributed by atoms with E-state index in [9.17, 15) is 9.90 Å². The van der Waals surface area contributed by atoms with Crippen LogP contribution in [-0.2, 0) is 4.79 Å². The zero-order chi connectivity index (χ0) is 12.6. The lowest BCUT2D eigenvalue weighted by atomic mass is 10.1. The number of carbonyl (C=O) groups excluding carboxylic acids is 1. The summed E-state index contributed by atoms with van der Waals surface area (Å²) in [7, 11) is 0. The quantitative estimate of drug-likeness (QED) is 0.473. The number of aliphatic carboxylic acids is 1. The number of carbonyl (C=O) groups is 1. The van der Waals surface area contributed by atoms with Crippen LogP contribution >= 0.6 is 58.0 Å². The van der Waals surface area contributed by atoms with Crippen LogP contribution in [0.5, 0.6) is 0 Å². The molecule has 16 heavy (non-hydrogen) atoms. The van der Waals surface area contributed by atoms with E-state index in [1.807, 2.05) is 0 Å². The van der Waals surface area contributed by atoms with E-state index in [1.54, 1.807) is 0 Å². The third-order valence-corrected chi connectivity index (χ3v) is 4.03. The summed E-state index contributed by atoms with van der Waals surface area (Å²) in [5, 5.41) is 10.2. The number of halogens is 5. The predicted molar refractivity (Wildman–Crippen MR) is 65.5 cm³/mol. The summed E-state index contributed by atoms with van der Waals surface area (Å²) in [5.41, 5.74) is -0.516. The fourth-order valence-electron chi connectivity index (χ4n) is 0.972. The molecule has 0 spiro atoms. The summed E-state index contributed by atoms with van der Waals surface area (Å²) in [5.74, 6) is -1.53. The third-order valence-electron chi connectivity index (χ3n) is 1.76. The minimum absolute atomic E-state index is 0.0479. The number of hydrogen-bond acceptors (Lipinski definition) is 2. The normalized spacial score (nSPS) is 10.3. The topological polar surface area (TPSA) is 40.1 Å². The van der Waals surface area contributed by atoms with Gasteiger partial charge in [-0.3, -0.25) is 0 Å². The summed E-state index contributed by atoms with van der Waals surface area (Å²) in [4.78, 5) is 10.7. The molecule has 0 heterocycles. The molecule has 0 aliphatic heterocycles. The Bertz CT molecular complexity index is 466. The molecular weight excluding hydrogens is 317 g/mol. The van der Waals surface area contributed by atoms with Crippen LogP contribution in [0.25, 0.3) is 5.57 Å². The smallest absolute Gasteiger partial charge is 0.0809 e. The van der Waals surface area contributed by atoms with Gasteiger partial charge >= 0.3 is 0 Å². The van der Waals surface area contributed by atoms with Crippen LogP contribution in [0.4, 0.5) is 0 Å². The highest BCUT2D eigenvalue weighted by molar-refractivity contribution is 6.56. The Morgan fingerprint density at radius 1 is 0.875 bits per heavy atom. The molecule has 0 radical (unpaired) electrons. The van der Waals surface area contributed by atoms with Gasteiger partial charge in [0.05, 0.1) is 31.1 Å². The van der Waals surface area contributed by atoms with Crippen LogP contribution in [0.1, 0.15) is 5.56 Å². The van der Waals surface area contributed by atoms with Crippen molar-refractivity contribution in [2.75, 3.05) is 0 Å². The SMILES string of the molecule is C=C(C(=O)[O-])c1c(Cl)c(Cl)c(Cl)c(Cl)c1Cl. The molecule has 1 aromatic carbocycles. The van der Waals surface area contributed by atoms with Gasteiger partial charge in [-0.05, 0) is 0 Å². The van der Waals surface area contributed by atoms with Gasteiger partial charge in [-0.2, -0.15) is 0 Å². The van der Waals surface area contributed by atoms with Crippen molar-refractivity contribution < 1.29 is 9.90 Å². The van der Waals surface area contributed by atoms with E-state index in [0.717, 1.165) is 0 Å². The van der Waals surface area contributed by atoms with Crippen LogP contribution in [0.15, 0.2) is 6.58 Å². The second-order valence-electron chi connectivity index (χ2n) is 2.71. The van der Waals surface area contributed by atoms with Crippen molar-refractivity contribution in [2.45, 2.75) is 0 Å². The monoisotopic (exact) mass is 317 g/mol. The van der Waals surface area contributed by atoms with E-state index in [1.165, 1.54) is 0 Å². The summed E-state index contributed by atoms with van der Waals surface area (Å²) < 4.78 is 0. The number of carboxylic acids is 1. The molecule has 1 rings (SSSR count). The Labute approximate surface area is 116 Å². The maximum absolute atomic E-state index is 10.7. The van der Waals surface area contributed by atoms with Crippen molar-refractivity contribution in [3.63, 3.8) is 0 Å². The molecule has 7 heteroatoms. The molecule has 86 valence electrons. The van der Waals surface area contributed by atoms with Crippen LogP contribution in [0, 0.1) is 0 Å². The fraction of sp³-hybridized carbons (Fsp3) is 0. The van der Waals surface area contributed by atoms with Gasteiger partial charge in [-0.1, -0.05) is 64.6 Å².